The molecule has 1 aromatic carbocycles. The standard InChI is InChI=1S/C19H28O5/c1-4-10-20-12-17(22-11-16-8-6-5-7-9-16)13-21-14-18-15-23-19(2,3)24-18/h4-9,17-18H,1,10-15H2,2-3H3. The molecule has 0 N–H and O–H groups in total. The van der Waals surface area contributed by atoms with Crippen molar-refractivity contribution in [1.29, 1.82) is 0 Å². The number of benzene rings is 1. The molecule has 2 atom stereocenters. The van der Waals surface area contributed by atoms with Crippen molar-refractivity contribution in [2.24, 2.45) is 0 Å². The Morgan fingerprint density at radius 2 is 2.00 bits per heavy atom. The predicted octanol–water partition coefficient (Wildman–Crippen LogP) is 2.94. The van der Waals surface area contributed by atoms with Crippen LogP contribution in [0.5, 0.6) is 0 Å². The molecule has 5 heteroatoms. The normalized spacial score (nSPS) is 20.8. The molecule has 1 aliphatic rings. The Kier molecular flexibility index (Phi) is 7.88. The van der Waals surface area contributed by atoms with Crippen LogP contribution in [0.1, 0.15) is 19.4 Å². The van der Waals surface area contributed by atoms with Crippen molar-refractivity contribution >= 4 is 0 Å². The molecule has 0 aliphatic carbocycles. The quantitative estimate of drug-likeness (QED) is 0.459. The van der Waals surface area contributed by atoms with Crippen LogP contribution in [-0.2, 0) is 30.3 Å². The third-order valence-electron chi connectivity index (χ3n) is 3.54. The van der Waals surface area contributed by atoms with Crippen molar-refractivity contribution in [3.05, 3.63) is 48.6 Å². The first-order chi connectivity index (χ1) is 11.6. The topological polar surface area (TPSA) is 46.2 Å². The molecule has 0 amide bonds. The average molecular weight is 336 g/mol. The molecule has 1 fully saturated rings. The smallest absolute Gasteiger partial charge is 0.163 e. The minimum atomic E-state index is -0.524. The fourth-order valence-corrected chi connectivity index (χ4v) is 2.39. The number of ether oxygens (including phenoxy) is 5. The van der Waals surface area contributed by atoms with Gasteiger partial charge in [0.15, 0.2) is 5.79 Å². The second-order valence-electron chi connectivity index (χ2n) is 6.23. The van der Waals surface area contributed by atoms with Gasteiger partial charge in [-0.05, 0) is 19.4 Å². The zero-order valence-electron chi connectivity index (χ0n) is 14.6. The van der Waals surface area contributed by atoms with Crippen molar-refractivity contribution in [3.63, 3.8) is 0 Å². The van der Waals surface area contributed by atoms with Crippen molar-refractivity contribution in [2.75, 3.05) is 33.0 Å². The maximum atomic E-state index is 5.92. The molecule has 2 unspecified atom stereocenters. The minimum absolute atomic E-state index is 0.0381. The lowest BCUT2D eigenvalue weighted by Crippen LogP contribution is -2.29. The van der Waals surface area contributed by atoms with Gasteiger partial charge in [-0.15, -0.1) is 6.58 Å². The van der Waals surface area contributed by atoms with Crippen LogP contribution in [0.2, 0.25) is 0 Å². The lowest BCUT2D eigenvalue weighted by Gasteiger charge is -2.20. The first-order valence-corrected chi connectivity index (χ1v) is 8.33. The summed E-state index contributed by atoms with van der Waals surface area (Å²) in [5.74, 6) is -0.524. The van der Waals surface area contributed by atoms with Crippen LogP contribution in [-0.4, -0.2) is 51.0 Å². The Hall–Kier alpha value is -1.24. The van der Waals surface area contributed by atoms with Gasteiger partial charge in [0.05, 0.1) is 39.6 Å². The Labute approximate surface area is 144 Å². The zero-order valence-corrected chi connectivity index (χ0v) is 14.6. The fourth-order valence-electron chi connectivity index (χ4n) is 2.39. The summed E-state index contributed by atoms with van der Waals surface area (Å²) in [6, 6.07) is 10.1. The van der Waals surface area contributed by atoms with Crippen LogP contribution in [0.3, 0.4) is 0 Å². The van der Waals surface area contributed by atoms with Gasteiger partial charge < -0.3 is 23.7 Å². The second-order valence-corrected chi connectivity index (χ2v) is 6.23. The molecule has 0 aromatic heterocycles. The summed E-state index contributed by atoms with van der Waals surface area (Å²) in [4.78, 5) is 0. The Bertz CT molecular complexity index is 474. The van der Waals surface area contributed by atoms with E-state index in [1.807, 2.05) is 44.2 Å². The van der Waals surface area contributed by atoms with Crippen LogP contribution >= 0.6 is 0 Å². The molecule has 134 valence electrons. The molecule has 1 aromatic rings. The molecule has 24 heavy (non-hydrogen) atoms. The summed E-state index contributed by atoms with van der Waals surface area (Å²) in [5, 5.41) is 0. The maximum absolute atomic E-state index is 5.92. The van der Waals surface area contributed by atoms with Gasteiger partial charge in [-0.25, -0.2) is 0 Å². The number of hydrogen-bond donors (Lipinski definition) is 0. The van der Waals surface area contributed by atoms with Crippen molar-refractivity contribution in [3.8, 4) is 0 Å². The van der Waals surface area contributed by atoms with E-state index in [2.05, 4.69) is 6.58 Å². The predicted molar refractivity (Wildman–Crippen MR) is 91.8 cm³/mol. The van der Waals surface area contributed by atoms with Crippen LogP contribution < -0.4 is 0 Å². The van der Waals surface area contributed by atoms with E-state index < -0.39 is 5.79 Å². The average Bonchev–Trinajstić information content (AvgIpc) is 2.92. The fraction of sp³-hybridized carbons (Fsp3) is 0.579. The van der Waals surface area contributed by atoms with Crippen molar-refractivity contribution < 1.29 is 23.7 Å². The largest absolute Gasteiger partial charge is 0.376 e. The van der Waals surface area contributed by atoms with E-state index in [4.69, 9.17) is 23.7 Å². The highest BCUT2D eigenvalue weighted by Gasteiger charge is 2.32. The Balaban J connectivity index is 1.72. The van der Waals surface area contributed by atoms with Gasteiger partial charge >= 0.3 is 0 Å². The maximum Gasteiger partial charge on any atom is 0.163 e. The highest BCUT2D eigenvalue weighted by molar-refractivity contribution is 5.13. The third kappa shape index (κ3) is 7.11. The van der Waals surface area contributed by atoms with Gasteiger partial charge in [-0.3, -0.25) is 0 Å². The summed E-state index contributed by atoms with van der Waals surface area (Å²) in [6.45, 7) is 10.4. The monoisotopic (exact) mass is 336 g/mol. The molecular formula is C19H28O5. The molecule has 1 aliphatic heterocycles. The van der Waals surface area contributed by atoms with E-state index in [0.29, 0.717) is 39.6 Å². The van der Waals surface area contributed by atoms with Gasteiger partial charge in [0.1, 0.15) is 12.2 Å². The molecule has 1 heterocycles. The molecule has 0 saturated carbocycles. The van der Waals surface area contributed by atoms with Crippen LogP contribution in [0.4, 0.5) is 0 Å². The van der Waals surface area contributed by atoms with E-state index in [1.54, 1.807) is 6.08 Å². The van der Waals surface area contributed by atoms with E-state index >= 15 is 0 Å². The van der Waals surface area contributed by atoms with Gasteiger partial charge in [0.2, 0.25) is 0 Å². The molecule has 2 rings (SSSR count). The van der Waals surface area contributed by atoms with Crippen LogP contribution in [0.15, 0.2) is 43.0 Å². The summed E-state index contributed by atoms with van der Waals surface area (Å²) in [7, 11) is 0. The molecule has 5 nitrogen and oxygen atoms in total. The van der Waals surface area contributed by atoms with Crippen molar-refractivity contribution in [2.45, 2.75) is 38.4 Å². The van der Waals surface area contributed by atoms with E-state index in [1.165, 1.54) is 0 Å². The summed E-state index contributed by atoms with van der Waals surface area (Å²) in [6.07, 6.45) is 1.55. The van der Waals surface area contributed by atoms with Gasteiger partial charge in [0, 0.05) is 0 Å². The SMILES string of the molecule is C=CCOCC(COCC1COC(C)(C)O1)OCc1ccccc1. The van der Waals surface area contributed by atoms with Crippen LogP contribution in [0, 0.1) is 0 Å². The molecule has 1 saturated heterocycles. The lowest BCUT2D eigenvalue weighted by molar-refractivity contribution is -0.148. The summed E-state index contributed by atoms with van der Waals surface area (Å²) in [5.41, 5.74) is 1.13. The van der Waals surface area contributed by atoms with Gasteiger partial charge in [-0.2, -0.15) is 0 Å². The second kappa shape index (κ2) is 9.91. The zero-order chi connectivity index (χ0) is 17.3. The molecular weight excluding hydrogens is 308 g/mol. The Morgan fingerprint density at radius 1 is 1.25 bits per heavy atom. The van der Waals surface area contributed by atoms with E-state index in [-0.39, 0.29) is 12.2 Å². The van der Waals surface area contributed by atoms with E-state index in [9.17, 15) is 0 Å². The van der Waals surface area contributed by atoms with Gasteiger partial charge in [-0.1, -0.05) is 36.4 Å². The molecule has 0 radical (unpaired) electrons. The highest BCUT2D eigenvalue weighted by Crippen LogP contribution is 2.22. The number of rotatable bonds is 11. The van der Waals surface area contributed by atoms with Crippen molar-refractivity contribution in [1.82, 2.24) is 0 Å². The minimum Gasteiger partial charge on any atom is -0.376 e. The first-order valence-electron chi connectivity index (χ1n) is 8.33. The third-order valence-corrected chi connectivity index (χ3v) is 3.54. The summed E-state index contributed by atoms with van der Waals surface area (Å²) >= 11 is 0. The first kappa shape index (κ1) is 19.1. The summed E-state index contributed by atoms with van der Waals surface area (Å²) < 4.78 is 28.4. The Morgan fingerprint density at radius 3 is 2.67 bits per heavy atom. The number of hydrogen-bond acceptors (Lipinski definition) is 5. The van der Waals surface area contributed by atoms with Crippen LogP contribution in [0.25, 0.3) is 0 Å². The van der Waals surface area contributed by atoms with Gasteiger partial charge in [0.25, 0.3) is 0 Å². The lowest BCUT2D eigenvalue weighted by atomic mass is 10.2. The molecule has 0 spiro atoms. The van der Waals surface area contributed by atoms with E-state index in [0.717, 1.165) is 5.56 Å². The highest BCUT2D eigenvalue weighted by atomic mass is 16.7. The molecule has 0 bridgehead atoms.